The van der Waals surface area contributed by atoms with Gasteiger partial charge in [-0.1, -0.05) is 35.3 Å². The third kappa shape index (κ3) is 2.38. The molecule has 26 heavy (non-hydrogen) atoms. The molecule has 4 aliphatic rings. The molecule has 2 N–H and O–H groups in total. The molecule has 4 aliphatic carbocycles. The highest BCUT2D eigenvalue weighted by molar-refractivity contribution is 6.32. The number of hydrogen-bond acceptors (Lipinski definition) is 2. The van der Waals surface area contributed by atoms with E-state index in [1.807, 2.05) is 12.1 Å². The molecule has 4 heteroatoms. The second-order valence-electron chi connectivity index (χ2n) is 8.85. The lowest BCUT2D eigenvalue weighted by atomic mass is 9.42. The molecule has 0 saturated heterocycles. The minimum Gasteiger partial charge on any atom is -0.506 e. The SMILES string of the molecule is Oc1ccc(C23CC4CC(C2)CC(c2ccc(O)c(Cl)c2)(C4)C3)cc1Cl. The molecule has 4 fully saturated rings. The predicted molar refractivity (Wildman–Crippen MR) is 104 cm³/mol. The largest absolute Gasteiger partial charge is 0.506 e. The molecular weight excluding hydrogens is 367 g/mol. The standard InChI is InChI=1S/C22H22Cl2O2/c23-17-6-15(1-3-19(17)25)21-8-13-5-14(9-21)11-22(10-13,12-21)16-2-4-20(26)18(24)7-16/h1-4,6-7,13-14,25-26H,5,8-12H2. The van der Waals surface area contributed by atoms with E-state index in [9.17, 15) is 10.2 Å². The lowest BCUT2D eigenvalue weighted by molar-refractivity contribution is -0.0281. The summed E-state index contributed by atoms with van der Waals surface area (Å²) in [6.45, 7) is 0. The second kappa shape index (κ2) is 5.56. The Labute approximate surface area is 163 Å². The van der Waals surface area contributed by atoms with Crippen LogP contribution in [-0.4, -0.2) is 10.2 Å². The van der Waals surface area contributed by atoms with Crippen LogP contribution >= 0.6 is 23.2 Å². The Morgan fingerprint density at radius 2 is 1.15 bits per heavy atom. The van der Waals surface area contributed by atoms with Crippen LogP contribution in [0.5, 0.6) is 11.5 Å². The van der Waals surface area contributed by atoms with E-state index in [1.54, 1.807) is 12.1 Å². The Morgan fingerprint density at radius 1 is 0.731 bits per heavy atom. The Hall–Kier alpha value is -1.38. The highest BCUT2D eigenvalue weighted by atomic mass is 35.5. The summed E-state index contributed by atoms with van der Waals surface area (Å²) < 4.78 is 0. The van der Waals surface area contributed by atoms with Crippen LogP contribution in [0.25, 0.3) is 0 Å². The van der Waals surface area contributed by atoms with Gasteiger partial charge in [0.25, 0.3) is 0 Å². The van der Waals surface area contributed by atoms with Gasteiger partial charge in [-0.2, -0.15) is 0 Å². The monoisotopic (exact) mass is 388 g/mol. The maximum Gasteiger partial charge on any atom is 0.134 e. The van der Waals surface area contributed by atoms with Crippen molar-refractivity contribution in [2.75, 3.05) is 0 Å². The highest BCUT2D eigenvalue weighted by Crippen LogP contribution is 2.66. The van der Waals surface area contributed by atoms with Crippen LogP contribution in [0.2, 0.25) is 10.0 Å². The number of rotatable bonds is 2. The van der Waals surface area contributed by atoms with Gasteiger partial charge in [0.1, 0.15) is 11.5 Å². The summed E-state index contributed by atoms with van der Waals surface area (Å²) in [5.74, 6) is 1.74. The van der Waals surface area contributed by atoms with Crippen molar-refractivity contribution in [1.82, 2.24) is 0 Å². The van der Waals surface area contributed by atoms with E-state index in [0.29, 0.717) is 10.0 Å². The summed E-state index contributed by atoms with van der Waals surface area (Å²) in [6, 6.07) is 11.5. The van der Waals surface area contributed by atoms with Crippen molar-refractivity contribution in [3.8, 4) is 11.5 Å². The van der Waals surface area contributed by atoms with Crippen molar-refractivity contribution in [1.29, 1.82) is 0 Å². The van der Waals surface area contributed by atoms with Gasteiger partial charge in [0.15, 0.2) is 0 Å². The van der Waals surface area contributed by atoms with Gasteiger partial charge in [-0.25, -0.2) is 0 Å². The van der Waals surface area contributed by atoms with E-state index in [-0.39, 0.29) is 22.3 Å². The molecule has 0 radical (unpaired) electrons. The number of phenolic OH excluding ortho intramolecular Hbond substituents is 2. The van der Waals surface area contributed by atoms with Gasteiger partial charge >= 0.3 is 0 Å². The van der Waals surface area contributed by atoms with Gasteiger partial charge in [-0.05, 0) is 96.6 Å². The first kappa shape index (κ1) is 16.8. The maximum absolute atomic E-state index is 9.84. The molecule has 0 heterocycles. The smallest absolute Gasteiger partial charge is 0.134 e. The van der Waals surface area contributed by atoms with Crippen LogP contribution in [0.15, 0.2) is 36.4 Å². The third-order valence-electron chi connectivity index (χ3n) is 7.18. The highest BCUT2D eigenvalue weighted by Gasteiger charge is 2.58. The van der Waals surface area contributed by atoms with E-state index < -0.39 is 0 Å². The summed E-state index contributed by atoms with van der Waals surface area (Å²) in [5.41, 5.74) is 2.80. The molecule has 136 valence electrons. The zero-order valence-electron chi connectivity index (χ0n) is 14.5. The van der Waals surface area contributed by atoms with Crippen molar-refractivity contribution < 1.29 is 10.2 Å². The summed E-state index contributed by atoms with van der Waals surface area (Å²) in [4.78, 5) is 0. The summed E-state index contributed by atoms with van der Waals surface area (Å²) in [5, 5.41) is 20.6. The molecule has 0 amide bonds. The zero-order chi connectivity index (χ0) is 18.1. The van der Waals surface area contributed by atoms with Crippen LogP contribution < -0.4 is 0 Å². The fourth-order valence-electron chi connectivity index (χ4n) is 6.61. The molecular formula is C22H22Cl2O2. The number of aromatic hydroxyl groups is 2. The van der Waals surface area contributed by atoms with Crippen LogP contribution in [-0.2, 0) is 10.8 Å². The van der Waals surface area contributed by atoms with E-state index >= 15 is 0 Å². The minimum atomic E-state index is 0.131. The molecule has 0 aromatic heterocycles. The minimum absolute atomic E-state index is 0.131. The first-order valence-electron chi connectivity index (χ1n) is 9.37. The Bertz CT molecular complexity index is 808. The molecule has 2 aromatic carbocycles. The molecule has 2 nitrogen and oxygen atoms in total. The first-order valence-corrected chi connectivity index (χ1v) is 10.1. The average molecular weight is 389 g/mol. The van der Waals surface area contributed by atoms with Crippen molar-refractivity contribution in [2.45, 2.75) is 49.4 Å². The Kier molecular flexibility index (Phi) is 3.59. The molecule has 0 atom stereocenters. The fraction of sp³-hybridized carbons (Fsp3) is 0.455. The van der Waals surface area contributed by atoms with Crippen molar-refractivity contribution >= 4 is 23.2 Å². The maximum atomic E-state index is 9.84. The second-order valence-corrected chi connectivity index (χ2v) is 9.67. The van der Waals surface area contributed by atoms with Gasteiger partial charge < -0.3 is 10.2 Å². The van der Waals surface area contributed by atoms with Crippen molar-refractivity contribution in [3.63, 3.8) is 0 Å². The van der Waals surface area contributed by atoms with E-state index in [2.05, 4.69) is 12.1 Å². The number of halogens is 2. The van der Waals surface area contributed by atoms with E-state index in [1.165, 1.54) is 43.2 Å². The summed E-state index contributed by atoms with van der Waals surface area (Å²) in [6.07, 6.45) is 7.24. The molecule has 2 aromatic rings. The fourth-order valence-corrected chi connectivity index (χ4v) is 6.97. The quantitative estimate of drug-likeness (QED) is 0.643. The van der Waals surface area contributed by atoms with Gasteiger partial charge in [0.05, 0.1) is 10.0 Å². The number of hydrogen-bond donors (Lipinski definition) is 2. The summed E-state index contributed by atoms with van der Waals surface area (Å²) in [7, 11) is 0. The molecule has 0 spiro atoms. The normalized spacial score (nSPS) is 35.0. The number of phenols is 2. The molecule has 4 saturated carbocycles. The molecule has 0 aliphatic heterocycles. The zero-order valence-corrected chi connectivity index (χ0v) is 16.0. The summed E-state index contributed by atoms with van der Waals surface area (Å²) >= 11 is 12.5. The van der Waals surface area contributed by atoms with Crippen molar-refractivity contribution in [2.24, 2.45) is 11.8 Å². The lowest BCUT2D eigenvalue weighted by Crippen LogP contribution is -2.55. The Balaban J connectivity index is 1.61. The average Bonchev–Trinajstić information content (AvgIpc) is 2.58. The molecule has 0 unspecified atom stereocenters. The Morgan fingerprint density at radius 3 is 1.54 bits per heavy atom. The lowest BCUT2D eigenvalue weighted by Gasteiger charge is -2.63. The molecule has 4 bridgehead atoms. The molecule has 6 rings (SSSR count). The first-order chi connectivity index (χ1) is 12.4. The van der Waals surface area contributed by atoms with Crippen LogP contribution in [0.4, 0.5) is 0 Å². The van der Waals surface area contributed by atoms with Crippen LogP contribution in [0.1, 0.15) is 49.7 Å². The van der Waals surface area contributed by atoms with E-state index in [0.717, 1.165) is 18.3 Å². The van der Waals surface area contributed by atoms with Gasteiger partial charge in [0.2, 0.25) is 0 Å². The van der Waals surface area contributed by atoms with Crippen LogP contribution in [0, 0.1) is 11.8 Å². The van der Waals surface area contributed by atoms with E-state index in [4.69, 9.17) is 23.2 Å². The van der Waals surface area contributed by atoms with Gasteiger partial charge in [-0.15, -0.1) is 0 Å². The predicted octanol–water partition coefficient (Wildman–Crippen LogP) is 6.19. The van der Waals surface area contributed by atoms with Crippen molar-refractivity contribution in [3.05, 3.63) is 57.6 Å². The van der Waals surface area contributed by atoms with Crippen LogP contribution in [0.3, 0.4) is 0 Å². The third-order valence-corrected chi connectivity index (χ3v) is 7.79. The van der Waals surface area contributed by atoms with Gasteiger partial charge in [-0.3, -0.25) is 0 Å². The number of benzene rings is 2. The topological polar surface area (TPSA) is 40.5 Å². The van der Waals surface area contributed by atoms with Gasteiger partial charge in [0, 0.05) is 0 Å².